The predicted molar refractivity (Wildman–Crippen MR) is 81.4 cm³/mol. The minimum Gasteiger partial charge on any atom is -0.406 e. The van der Waals surface area contributed by atoms with Crippen LogP contribution in [0.3, 0.4) is 0 Å². The van der Waals surface area contributed by atoms with E-state index in [9.17, 15) is 13.2 Å². The lowest BCUT2D eigenvalue weighted by Gasteiger charge is -2.16. The number of halogens is 3. The second-order valence-electron chi connectivity index (χ2n) is 4.91. The fourth-order valence-electron chi connectivity index (χ4n) is 1.94. The highest BCUT2D eigenvalue weighted by molar-refractivity contribution is 5.94. The van der Waals surface area contributed by atoms with Crippen LogP contribution in [0.2, 0.25) is 0 Å². The van der Waals surface area contributed by atoms with Gasteiger partial charge in [-0.25, -0.2) is 4.99 Å². The lowest BCUT2D eigenvalue weighted by atomic mass is 10.3. The van der Waals surface area contributed by atoms with Crippen molar-refractivity contribution >= 4 is 17.6 Å². The molecule has 1 aromatic rings. The molecule has 0 aromatic heterocycles. The van der Waals surface area contributed by atoms with Crippen LogP contribution in [-0.2, 0) is 0 Å². The van der Waals surface area contributed by atoms with Crippen molar-refractivity contribution in [3.8, 4) is 5.75 Å². The molecule has 4 N–H and O–H groups in total. The van der Waals surface area contributed by atoms with Crippen molar-refractivity contribution in [2.75, 3.05) is 13.1 Å². The minimum absolute atomic E-state index is 0.0865. The Balaban J connectivity index is 2.03. The van der Waals surface area contributed by atoms with Crippen LogP contribution in [0.5, 0.6) is 5.75 Å². The second-order valence-corrected chi connectivity index (χ2v) is 4.91. The molecule has 0 fully saturated rings. The lowest BCUT2D eigenvalue weighted by molar-refractivity contribution is -0.274. The molecule has 1 aliphatic heterocycles. The third-order valence-corrected chi connectivity index (χ3v) is 2.97. The van der Waals surface area contributed by atoms with Crippen molar-refractivity contribution in [2.24, 2.45) is 21.5 Å². The van der Waals surface area contributed by atoms with Gasteiger partial charge in [-0.15, -0.1) is 13.2 Å². The number of nitrogens with two attached hydrogens (primary N) is 2. The molecule has 1 aliphatic rings. The van der Waals surface area contributed by atoms with Gasteiger partial charge in [0.05, 0.1) is 5.69 Å². The van der Waals surface area contributed by atoms with Crippen LogP contribution in [0, 0.1) is 0 Å². The maximum Gasteiger partial charge on any atom is 0.573 e. The fourth-order valence-corrected chi connectivity index (χ4v) is 1.94. The average Bonchev–Trinajstić information content (AvgIpc) is 2.86. The molecular formula is C14H16F3N5O. The zero-order valence-corrected chi connectivity index (χ0v) is 12.3. The van der Waals surface area contributed by atoms with Gasteiger partial charge in [-0.1, -0.05) is 11.6 Å². The smallest absolute Gasteiger partial charge is 0.406 e. The largest absolute Gasteiger partial charge is 0.573 e. The van der Waals surface area contributed by atoms with E-state index < -0.39 is 6.36 Å². The summed E-state index contributed by atoms with van der Waals surface area (Å²) >= 11 is 0. The molecule has 1 heterocycles. The highest BCUT2D eigenvalue weighted by Gasteiger charge is 2.30. The Bertz CT molecular complexity index is 649. The van der Waals surface area contributed by atoms with Gasteiger partial charge in [0.25, 0.3) is 0 Å². The predicted octanol–water partition coefficient (Wildman–Crippen LogP) is 2.11. The molecule has 0 saturated carbocycles. The van der Waals surface area contributed by atoms with Gasteiger partial charge in [0.1, 0.15) is 5.75 Å². The summed E-state index contributed by atoms with van der Waals surface area (Å²) in [5, 5.41) is 0. The van der Waals surface area contributed by atoms with E-state index in [1.807, 2.05) is 17.9 Å². The van der Waals surface area contributed by atoms with Gasteiger partial charge in [-0.05, 0) is 31.2 Å². The van der Waals surface area contributed by atoms with Crippen LogP contribution in [0.1, 0.15) is 6.92 Å². The molecule has 0 radical (unpaired) electrons. The van der Waals surface area contributed by atoms with Crippen LogP contribution in [0.25, 0.3) is 0 Å². The number of guanidine groups is 2. The summed E-state index contributed by atoms with van der Waals surface area (Å²) in [5.41, 5.74) is 13.0. The maximum atomic E-state index is 12.1. The van der Waals surface area contributed by atoms with Crippen molar-refractivity contribution in [1.82, 2.24) is 4.90 Å². The Hall–Kier alpha value is -2.71. The third-order valence-electron chi connectivity index (χ3n) is 2.97. The minimum atomic E-state index is -4.73. The molecule has 2 rings (SSSR count). The van der Waals surface area contributed by atoms with Crippen molar-refractivity contribution in [2.45, 2.75) is 13.3 Å². The van der Waals surface area contributed by atoms with Gasteiger partial charge in [-0.2, -0.15) is 4.99 Å². The number of ether oxygens (including phenoxy) is 1. The van der Waals surface area contributed by atoms with E-state index in [-0.39, 0.29) is 17.7 Å². The maximum absolute atomic E-state index is 12.1. The van der Waals surface area contributed by atoms with Crippen LogP contribution in [0.15, 0.2) is 45.9 Å². The number of benzene rings is 1. The van der Waals surface area contributed by atoms with Crippen molar-refractivity contribution < 1.29 is 17.9 Å². The van der Waals surface area contributed by atoms with Crippen LogP contribution in [0.4, 0.5) is 18.9 Å². The number of hydrogen-bond donors (Lipinski definition) is 2. The van der Waals surface area contributed by atoms with E-state index in [1.54, 1.807) is 0 Å². The summed E-state index contributed by atoms with van der Waals surface area (Å²) in [6.07, 6.45) is -2.71. The van der Waals surface area contributed by atoms with Gasteiger partial charge in [0.2, 0.25) is 5.96 Å². The van der Waals surface area contributed by atoms with Crippen molar-refractivity contribution in [1.29, 1.82) is 0 Å². The summed E-state index contributed by atoms with van der Waals surface area (Å²) in [6.45, 7) is 3.30. The van der Waals surface area contributed by atoms with E-state index in [0.29, 0.717) is 18.8 Å². The number of rotatable bonds is 2. The zero-order valence-electron chi connectivity index (χ0n) is 12.3. The zero-order chi connectivity index (χ0) is 17.0. The van der Waals surface area contributed by atoms with Gasteiger partial charge in [-0.3, -0.25) is 0 Å². The summed E-state index contributed by atoms with van der Waals surface area (Å²) in [5.74, 6) is -0.190. The number of aliphatic imine (C=N–C) groups is 2. The summed E-state index contributed by atoms with van der Waals surface area (Å²) in [4.78, 5) is 9.76. The normalized spacial score (nSPS) is 16.5. The van der Waals surface area contributed by atoms with E-state index in [1.165, 1.54) is 17.7 Å². The molecule has 0 bridgehead atoms. The van der Waals surface area contributed by atoms with Crippen molar-refractivity contribution in [3.05, 3.63) is 35.9 Å². The first kappa shape index (κ1) is 16.7. The topological polar surface area (TPSA) is 89.2 Å². The Morgan fingerprint density at radius 1 is 1.22 bits per heavy atom. The molecule has 0 unspecified atom stereocenters. The molecule has 0 spiro atoms. The van der Waals surface area contributed by atoms with E-state index in [2.05, 4.69) is 14.7 Å². The number of nitrogens with zero attached hydrogens (tertiary/aromatic N) is 3. The quantitative estimate of drug-likeness (QED) is 0.494. The molecule has 0 amide bonds. The highest BCUT2D eigenvalue weighted by atomic mass is 19.4. The molecule has 0 atom stereocenters. The Labute approximate surface area is 130 Å². The van der Waals surface area contributed by atoms with Crippen molar-refractivity contribution in [3.63, 3.8) is 0 Å². The van der Waals surface area contributed by atoms with Gasteiger partial charge in [0, 0.05) is 13.1 Å². The fraction of sp³-hybridized carbons (Fsp3) is 0.286. The first-order chi connectivity index (χ1) is 10.7. The molecule has 0 saturated heterocycles. The highest BCUT2D eigenvalue weighted by Crippen LogP contribution is 2.24. The lowest BCUT2D eigenvalue weighted by Crippen LogP contribution is -2.37. The molecule has 0 aliphatic carbocycles. The monoisotopic (exact) mass is 327 g/mol. The van der Waals surface area contributed by atoms with E-state index in [0.717, 1.165) is 12.1 Å². The molecule has 124 valence electrons. The molecular weight excluding hydrogens is 311 g/mol. The van der Waals surface area contributed by atoms with Crippen LogP contribution in [-0.4, -0.2) is 36.3 Å². The standard InChI is InChI=1S/C14H16F3N5O/c1-9-6-7-22(8-9)13(19)21-12(18)20-10-2-4-11(5-3-10)23-14(15,16)17/h2-6H,7-8H2,1H3,(H4,18,19,20,21). The summed E-state index contributed by atoms with van der Waals surface area (Å²) in [7, 11) is 0. The molecule has 9 heteroatoms. The SMILES string of the molecule is CC1=CCN(C(N)=NC(N)=Nc2ccc(OC(F)(F)F)cc2)C1. The van der Waals surface area contributed by atoms with Crippen LogP contribution < -0.4 is 16.2 Å². The first-order valence-corrected chi connectivity index (χ1v) is 6.67. The molecule has 23 heavy (non-hydrogen) atoms. The van der Waals surface area contributed by atoms with E-state index >= 15 is 0 Å². The molecule has 1 aromatic carbocycles. The van der Waals surface area contributed by atoms with Gasteiger partial charge < -0.3 is 21.1 Å². The summed E-state index contributed by atoms with van der Waals surface area (Å²) < 4.78 is 39.9. The first-order valence-electron chi connectivity index (χ1n) is 6.67. The third kappa shape index (κ3) is 5.20. The van der Waals surface area contributed by atoms with Gasteiger partial charge >= 0.3 is 6.36 Å². The molecule has 6 nitrogen and oxygen atoms in total. The number of alkyl halides is 3. The van der Waals surface area contributed by atoms with Crippen LogP contribution >= 0.6 is 0 Å². The second kappa shape index (κ2) is 6.59. The Morgan fingerprint density at radius 3 is 2.39 bits per heavy atom. The summed E-state index contributed by atoms with van der Waals surface area (Å²) in [6, 6.07) is 4.95. The number of hydrogen-bond acceptors (Lipinski definition) is 2. The average molecular weight is 327 g/mol. The van der Waals surface area contributed by atoms with Gasteiger partial charge in [0.15, 0.2) is 5.96 Å². The Morgan fingerprint density at radius 2 is 1.87 bits per heavy atom. The Kier molecular flexibility index (Phi) is 4.77. The van der Waals surface area contributed by atoms with E-state index in [4.69, 9.17) is 11.5 Å².